The highest BCUT2D eigenvalue weighted by Gasteiger charge is 2.52. The maximum absolute atomic E-state index is 13.3. The molecular weight excluding hydrogens is 1000 g/mol. The Labute approximate surface area is 450 Å². The van der Waals surface area contributed by atoms with Gasteiger partial charge in [0, 0.05) is 20.8 Å². The van der Waals surface area contributed by atoms with Crippen molar-refractivity contribution in [3.8, 4) is 45.3 Å². The van der Waals surface area contributed by atoms with E-state index in [1.165, 1.54) is 32.9 Å². The van der Waals surface area contributed by atoms with Gasteiger partial charge in [0.1, 0.15) is 23.0 Å². The third-order valence-electron chi connectivity index (χ3n) is 15.4. The number of carbonyl (C=O) groups excluding carboxylic acids is 4. The van der Waals surface area contributed by atoms with Crippen molar-refractivity contribution < 1.29 is 51.3 Å². The molecule has 8 nitrogen and oxygen atoms in total. The van der Waals surface area contributed by atoms with Gasteiger partial charge in [-0.15, -0.1) is 0 Å². The van der Waals surface area contributed by atoms with Crippen molar-refractivity contribution in [1.29, 1.82) is 0 Å². The predicted molar refractivity (Wildman–Crippen MR) is 297 cm³/mol. The Balaban J connectivity index is 1.09. The molecule has 1 unspecified atom stereocenters. The summed E-state index contributed by atoms with van der Waals surface area (Å²) in [7, 11) is 0. The van der Waals surface area contributed by atoms with Crippen LogP contribution in [-0.2, 0) is 30.0 Å². The molecule has 11 heteroatoms. The van der Waals surface area contributed by atoms with E-state index in [0.717, 1.165) is 99.1 Å². The lowest BCUT2D eigenvalue weighted by atomic mass is 9.65. The Kier molecular flexibility index (Phi) is 11.2. The number of ether oxygens (including phenoxy) is 4. The monoisotopic (exact) mass is 1040 g/mol. The number of benzene rings is 11. The number of esters is 4. The van der Waals surface area contributed by atoms with E-state index < -0.39 is 40.9 Å². The molecule has 1 atom stereocenters. The molecule has 0 heterocycles. The quantitative estimate of drug-likeness (QED) is 0.109. The maximum atomic E-state index is 13.3. The van der Waals surface area contributed by atoms with Crippen LogP contribution in [0, 0.1) is 0 Å². The molecule has 2 aliphatic carbocycles. The molecule has 2 aliphatic rings. The van der Waals surface area contributed by atoms with Crippen molar-refractivity contribution in [2.45, 2.75) is 37.8 Å². The number of hydrogen-bond donors (Lipinski definition) is 0. The smallest absolute Gasteiger partial charge is 0.427 e. The molecule has 0 N–H and O–H groups in total. The van der Waals surface area contributed by atoms with Crippen LogP contribution in [0.1, 0.15) is 65.3 Å². The molecule has 0 aliphatic heterocycles. The number of alkyl halides is 3. The fraction of sp³-hybridized carbons (Fsp3) is 0.0882. The Morgan fingerprint density at radius 1 is 0.316 bits per heavy atom. The lowest BCUT2D eigenvalue weighted by Crippen LogP contribution is -2.30. The summed E-state index contributed by atoms with van der Waals surface area (Å²) < 4.78 is 61.3. The third-order valence-corrected chi connectivity index (χ3v) is 15.4. The van der Waals surface area contributed by atoms with Crippen LogP contribution in [0.2, 0.25) is 0 Å². The van der Waals surface area contributed by atoms with Crippen molar-refractivity contribution >= 4 is 67.0 Å². The molecule has 79 heavy (non-hydrogen) atoms. The molecule has 0 fully saturated rings. The summed E-state index contributed by atoms with van der Waals surface area (Å²) >= 11 is 0. The molecule has 11 aromatic carbocycles. The summed E-state index contributed by atoms with van der Waals surface area (Å²) in [6.07, 6.45) is -5.17. The number of carbonyl (C=O) groups is 4. The molecule has 0 amide bonds. The highest BCUT2D eigenvalue weighted by atomic mass is 19.4. The van der Waals surface area contributed by atoms with Gasteiger partial charge in [-0.25, -0.2) is 4.79 Å². The van der Waals surface area contributed by atoms with Crippen LogP contribution >= 0.6 is 0 Å². The minimum Gasteiger partial charge on any atom is -0.427 e. The molecular formula is C68H43F3O8. The van der Waals surface area contributed by atoms with Crippen LogP contribution in [0.3, 0.4) is 0 Å². The molecule has 0 saturated heterocycles. The van der Waals surface area contributed by atoms with Crippen molar-refractivity contribution in [2.75, 3.05) is 0 Å². The lowest BCUT2D eigenvalue weighted by Gasteiger charge is -2.36. The first-order valence-corrected chi connectivity index (χ1v) is 25.5. The van der Waals surface area contributed by atoms with Crippen LogP contribution in [0.4, 0.5) is 13.2 Å². The molecule has 0 spiro atoms. The maximum Gasteiger partial charge on any atom is 0.491 e. The first kappa shape index (κ1) is 48.8. The first-order valence-electron chi connectivity index (χ1n) is 25.5. The van der Waals surface area contributed by atoms with Gasteiger partial charge in [-0.1, -0.05) is 121 Å². The standard InChI is InChI=1S/C68H43F3O8/c1-38(72)76-53-24-16-41-28-49(20-12-45(41)32-53)66(50-21-13-46-33-54(77-39(2)73)25-17-42(46)29-50)61-10-6-4-8-57(61)59-37-64-60(36-63(59)66)58-9-5-7-11-62(58)67(64,51-22-14-47-34-55(78-40(3)74)26-18-43(47)30-51)52-23-15-48-35-56(27-19-44(48)31-52)79-65(75)68(69,70)71/h4-37H,1-3H3. The molecule has 13 rings (SSSR count). The summed E-state index contributed by atoms with van der Waals surface area (Å²) in [6.45, 7) is 4.12. The fourth-order valence-corrected chi connectivity index (χ4v) is 12.4. The molecule has 0 bridgehead atoms. The zero-order chi connectivity index (χ0) is 54.5. The Morgan fingerprint density at radius 2 is 0.595 bits per heavy atom. The molecule has 11 aromatic rings. The second-order valence-corrected chi connectivity index (χ2v) is 20.1. The van der Waals surface area contributed by atoms with E-state index in [2.05, 4.69) is 103 Å². The van der Waals surface area contributed by atoms with E-state index in [9.17, 15) is 32.3 Å². The van der Waals surface area contributed by atoms with Gasteiger partial charge in [-0.3, -0.25) is 14.4 Å². The van der Waals surface area contributed by atoms with E-state index in [0.29, 0.717) is 28.0 Å². The zero-order valence-electron chi connectivity index (χ0n) is 42.5. The summed E-state index contributed by atoms with van der Waals surface area (Å²) in [5.74, 6) is -2.48. The number of fused-ring (bicyclic) bond motifs is 10. The van der Waals surface area contributed by atoms with Crippen LogP contribution in [0.15, 0.2) is 206 Å². The summed E-state index contributed by atoms with van der Waals surface area (Å²) in [6, 6.07) is 67.9. The van der Waals surface area contributed by atoms with E-state index >= 15 is 0 Å². The second-order valence-electron chi connectivity index (χ2n) is 20.1. The van der Waals surface area contributed by atoms with Crippen LogP contribution in [0.5, 0.6) is 23.0 Å². The average Bonchev–Trinajstić information content (AvgIpc) is 2.77. The fourth-order valence-electron chi connectivity index (χ4n) is 12.4. The summed E-state index contributed by atoms with van der Waals surface area (Å²) in [4.78, 5) is 48.0. The van der Waals surface area contributed by atoms with Gasteiger partial charge < -0.3 is 18.9 Å². The van der Waals surface area contributed by atoms with Crippen LogP contribution < -0.4 is 18.9 Å². The van der Waals surface area contributed by atoms with E-state index in [-0.39, 0.29) is 5.75 Å². The molecule has 384 valence electrons. The molecule has 0 aromatic heterocycles. The van der Waals surface area contributed by atoms with Gasteiger partial charge >= 0.3 is 30.1 Å². The van der Waals surface area contributed by atoms with Crippen molar-refractivity contribution in [2.24, 2.45) is 0 Å². The van der Waals surface area contributed by atoms with E-state index in [4.69, 9.17) is 18.9 Å². The van der Waals surface area contributed by atoms with Gasteiger partial charge in [-0.05, 0) is 195 Å². The number of hydrogen-bond acceptors (Lipinski definition) is 8. The summed E-state index contributed by atoms with van der Waals surface area (Å²) in [5, 5.41) is 6.68. The van der Waals surface area contributed by atoms with Crippen LogP contribution in [0.25, 0.3) is 65.3 Å². The van der Waals surface area contributed by atoms with Crippen molar-refractivity contribution in [3.63, 3.8) is 0 Å². The second kappa shape index (κ2) is 18.1. The summed E-state index contributed by atoms with van der Waals surface area (Å²) in [5.41, 5.74) is 9.99. The van der Waals surface area contributed by atoms with Crippen molar-refractivity contribution in [1.82, 2.24) is 0 Å². The predicted octanol–water partition coefficient (Wildman–Crippen LogP) is 15.3. The van der Waals surface area contributed by atoms with Gasteiger partial charge in [0.05, 0.1) is 10.8 Å². The Hall–Kier alpha value is -9.87. The van der Waals surface area contributed by atoms with Crippen LogP contribution in [-0.4, -0.2) is 30.1 Å². The van der Waals surface area contributed by atoms with Gasteiger partial charge in [0.25, 0.3) is 0 Å². The Bertz CT molecular complexity index is 4360. The first-order chi connectivity index (χ1) is 38.1. The highest BCUT2D eigenvalue weighted by Crippen LogP contribution is 2.63. The van der Waals surface area contributed by atoms with E-state index in [1.807, 2.05) is 66.7 Å². The van der Waals surface area contributed by atoms with E-state index in [1.54, 1.807) is 24.3 Å². The molecule has 0 saturated carbocycles. The third kappa shape index (κ3) is 7.91. The SMILES string of the molecule is CC(=O)Oc1ccc2cc(C3(c4ccc5cc(OC(C)=O)ccc5c4)c4ccccc4-c4cc5c(cc43)-c3ccccc3C5(c3ccc4cc(OC(C)=O)ccc4c3)c3ccc4cc(OC(=O)C(F)(F)F)ccc4c3)ccc2c1. The largest absolute Gasteiger partial charge is 0.491 e. The number of halogens is 3. The van der Waals surface area contributed by atoms with Gasteiger partial charge in [-0.2, -0.15) is 13.2 Å². The normalized spacial score (nSPS) is 14.8. The highest BCUT2D eigenvalue weighted by molar-refractivity contribution is 5.99. The lowest BCUT2D eigenvalue weighted by molar-refractivity contribution is -0.189. The average molecular weight is 1050 g/mol. The van der Waals surface area contributed by atoms with Crippen molar-refractivity contribution in [3.05, 3.63) is 251 Å². The van der Waals surface area contributed by atoms with Gasteiger partial charge in [0.15, 0.2) is 0 Å². The minimum atomic E-state index is -5.17. The number of rotatable bonds is 8. The zero-order valence-corrected chi connectivity index (χ0v) is 42.5. The Morgan fingerprint density at radius 3 is 0.899 bits per heavy atom. The topological polar surface area (TPSA) is 105 Å². The van der Waals surface area contributed by atoms with Gasteiger partial charge in [0.2, 0.25) is 0 Å². The minimum absolute atomic E-state index is 0.231. The molecule has 0 radical (unpaired) electrons.